The van der Waals surface area contributed by atoms with Crippen LogP contribution < -0.4 is 46.4 Å². The van der Waals surface area contributed by atoms with Gasteiger partial charge >= 0.3 is 24.1 Å². The van der Waals surface area contributed by atoms with Gasteiger partial charge < -0.3 is 60.3 Å². The number of nitrogens with one attached hydrogen (secondary N) is 3. The Morgan fingerprint density at radius 2 is 1.60 bits per heavy atom. The zero-order valence-electron chi connectivity index (χ0n) is 55.0. The summed E-state index contributed by atoms with van der Waals surface area (Å²) in [5.74, 6) is -2.37. The summed E-state index contributed by atoms with van der Waals surface area (Å²) in [5.41, 5.74) is 17.0. The van der Waals surface area contributed by atoms with Gasteiger partial charge in [0.25, 0.3) is 0 Å². The SMILES string of the molecule is C#CCOCc1cc(NC(=O)[C@H](CCCNC(N)=O)NC(=O)[C@@H](N)C(C)C)ccc1C[N+]1(C)CCN(CCOc2ccc(-c3c(-c4ccc(F)cc4)sc4ncnc(O[C@H](Cc5ccccc5OCc5ccnc(-c6ccccc6OC)n5)C(=O)OC(=O)C(F)(F)F)c34)c(C)c2Cl)CC1. The molecule has 3 atom stereocenters. The van der Waals surface area contributed by atoms with E-state index in [1.165, 1.54) is 30.6 Å². The molecule has 8 aromatic rings. The van der Waals surface area contributed by atoms with E-state index in [4.69, 9.17) is 53.2 Å². The van der Waals surface area contributed by atoms with Gasteiger partial charge in [0.05, 0.1) is 61.6 Å². The Morgan fingerprint density at radius 1 is 0.859 bits per heavy atom. The minimum atomic E-state index is -5.54. The molecule has 1 aliphatic rings. The molecule has 0 saturated carbocycles. The van der Waals surface area contributed by atoms with Crippen LogP contribution in [0, 0.1) is 31.0 Å². The van der Waals surface area contributed by atoms with E-state index in [9.17, 15) is 41.5 Å². The van der Waals surface area contributed by atoms with Gasteiger partial charge in [-0.1, -0.05) is 86.0 Å². The summed E-state index contributed by atoms with van der Waals surface area (Å²) in [6.07, 6.45) is 0.799. The molecule has 1 saturated heterocycles. The topological polar surface area (TPSA) is 284 Å². The number of benzene rings is 5. The van der Waals surface area contributed by atoms with E-state index in [0.717, 1.165) is 43.6 Å². The van der Waals surface area contributed by atoms with Crippen LogP contribution in [0.15, 0.2) is 122 Å². The van der Waals surface area contributed by atoms with Crippen molar-refractivity contribution in [1.29, 1.82) is 0 Å². The molecular formula is C71H75ClF4N11O11S+. The van der Waals surface area contributed by atoms with Crippen molar-refractivity contribution in [1.82, 2.24) is 35.5 Å². The molecular weight excluding hydrogens is 1330 g/mol. The van der Waals surface area contributed by atoms with E-state index < -0.39 is 66.4 Å². The first-order chi connectivity index (χ1) is 47.4. The number of halogens is 5. The Hall–Kier alpha value is -9.82. The summed E-state index contributed by atoms with van der Waals surface area (Å²) in [6, 6.07) is 27.5. The Bertz CT molecular complexity index is 4250. The highest BCUT2D eigenvalue weighted by Gasteiger charge is 2.44. The number of quaternary nitrogens is 1. The first kappa shape index (κ1) is 73.4. The maximum atomic E-state index is 14.6. The van der Waals surface area contributed by atoms with Gasteiger partial charge in [0.2, 0.25) is 23.8 Å². The van der Waals surface area contributed by atoms with Crippen molar-refractivity contribution >= 4 is 68.6 Å². The number of fused-ring (bicyclic) bond motifs is 1. The smallest absolute Gasteiger partial charge is 0.491 e. The number of esters is 2. The van der Waals surface area contributed by atoms with Gasteiger partial charge in [-0.3, -0.25) is 14.5 Å². The quantitative estimate of drug-likeness (QED) is 0.00699. The van der Waals surface area contributed by atoms with Crippen LogP contribution in [0.3, 0.4) is 0 Å². The number of nitrogens with two attached hydrogens (primary N) is 2. The fraction of sp³-hybridized carbons (Fsp3) is 0.338. The Balaban J connectivity index is 0.909. The average molecular weight is 1400 g/mol. The number of para-hydroxylation sites is 2. The molecule has 4 amide bonds. The van der Waals surface area contributed by atoms with Crippen molar-refractivity contribution in [3.8, 4) is 68.4 Å². The third kappa shape index (κ3) is 19.3. The lowest BCUT2D eigenvalue weighted by molar-refractivity contribution is -0.926. The number of hydrogen-bond acceptors (Lipinski definition) is 18. The van der Waals surface area contributed by atoms with Crippen LogP contribution in [-0.2, 0) is 54.8 Å². The number of piperazine rings is 1. The summed E-state index contributed by atoms with van der Waals surface area (Å²) in [7, 11) is 3.70. The monoisotopic (exact) mass is 1400 g/mol. The van der Waals surface area contributed by atoms with Gasteiger partial charge in [0, 0.05) is 60.5 Å². The predicted octanol–water partition coefficient (Wildman–Crippen LogP) is 10.1. The molecule has 3 aromatic heterocycles. The van der Waals surface area contributed by atoms with Gasteiger partial charge in [-0.05, 0) is 108 Å². The highest BCUT2D eigenvalue weighted by atomic mass is 35.5. The van der Waals surface area contributed by atoms with Crippen molar-refractivity contribution in [3.63, 3.8) is 0 Å². The van der Waals surface area contributed by atoms with Crippen LogP contribution >= 0.6 is 22.9 Å². The minimum Gasteiger partial charge on any atom is -0.496 e. The number of carbonyl (C=O) groups is 5. The molecule has 0 aliphatic carbocycles. The number of aromatic nitrogens is 4. The van der Waals surface area contributed by atoms with Crippen molar-refractivity contribution in [3.05, 3.63) is 161 Å². The molecule has 4 heterocycles. The number of rotatable bonds is 30. The van der Waals surface area contributed by atoms with E-state index in [-0.39, 0.29) is 72.9 Å². The Kier molecular flexibility index (Phi) is 24.9. The van der Waals surface area contributed by atoms with Gasteiger partial charge in [-0.25, -0.2) is 38.7 Å². The first-order valence-electron chi connectivity index (χ1n) is 31.6. The van der Waals surface area contributed by atoms with Gasteiger partial charge in [-0.2, -0.15) is 13.2 Å². The highest BCUT2D eigenvalue weighted by Crippen LogP contribution is 2.50. The largest absolute Gasteiger partial charge is 0.496 e. The number of alkyl halides is 3. The van der Waals surface area contributed by atoms with Crippen LogP contribution in [-0.4, -0.2) is 150 Å². The van der Waals surface area contributed by atoms with E-state index in [1.807, 2.05) is 24.3 Å². The lowest BCUT2D eigenvalue weighted by Gasteiger charge is -2.42. The fourth-order valence-electron chi connectivity index (χ4n) is 11.1. The number of carbonyl (C=O) groups excluding carboxylic acids is 5. The fourth-order valence-corrected chi connectivity index (χ4v) is 12.5. The van der Waals surface area contributed by atoms with Crippen molar-refractivity contribution in [2.45, 2.75) is 84.2 Å². The number of urea groups is 1. The number of ether oxygens (including phenoxy) is 6. The highest BCUT2D eigenvalue weighted by molar-refractivity contribution is 7.22. The molecule has 7 N–H and O–H groups in total. The molecule has 0 radical (unpaired) electrons. The number of hydrogen-bond donors (Lipinski definition) is 5. The molecule has 9 rings (SSSR count). The summed E-state index contributed by atoms with van der Waals surface area (Å²) in [5, 5.41) is 8.66. The number of thiophene rings is 1. The molecule has 28 heteroatoms. The molecule has 0 spiro atoms. The second-order valence-corrected chi connectivity index (χ2v) is 25.4. The van der Waals surface area contributed by atoms with Crippen LogP contribution in [0.25, 0.3) is 43.2 Å². The zero-order chi connectivity index (χ0) is 71.0. The Morgan fingerprint density at radius 3 is 2.31 bits per heavy atom. The average Bonchev–Trinajstić information content (AvgIpc) is 1.62. The standard InChI is InChI=1S/C71H74ClF4N11O11S/c1-7-34-94-39-47-36-49(84-64(88)53(15-12-27-80-70(78)92)85-65(89)61(77)42(2)3)23-20-46(47)38-87(5)32-29-86(30-33-87)31-35-95-56-25-24-51(43(4)60(56)72)58-59-66(81-41-82-67(59)99-62(58)44-18-21-48(73)22-19-44)97-57(68(90)98-69(91)71(74,75)76)37-45-13-8-10-16-54(45)96-40-50-26-28-79-63(83-50)52-14-9-11-17-55(52)93-6/h1,8-11,13-14,16-26,28,36,41-42,53,57,61H,12,15,27,29-35,37-40,77H2,2-6H3,(H4-,78,80,84,85,88,89,92)/p+1/t53-,57+,61-/m0/s1. The lowest BCUT2D eigenvalue weighted by atomic mass is 9.96. The minimum absolute atomic E-state index is 0.0689. The van der Waals surface area contributed by atoms with E-state index in [1.54, 1.807) is 99.8 Å². The predicted molar refractivity (Wildman–Crippen MR) is 365 cm³/mol. The molecule has 1 fully saturated rings. The van der Waals surface area contributed by atoms with Crippen LogP contribution in [0.5, 0.6) is 23.1 Å². The number of methoxy groups -OCH3 is 1. The van der Waals surface area contributed by atoms with E-state index in [2.05, 4.69) is 58.5 Å². The van der Waals surface area contributed by atoms with E-state index in [0.29, 0.717) is 90.2 Å². The van der Waals surface area contributed by atoms with Crippen molar-refractivity contribution in [2.75, 3.05) is 72.0 Å². The lowest BCUT2D eigenvalue weighted by Crippen LogP contribution is -2.57. The molecule has 1 aliphatic heterocycles. The molecule has 520 valence electrons. The van der Waals surface area contributed by atoms with E-state index >= 15 is 0 Å². The van der Waals surface area contributed by atoms with Crippen LogP contribution in [0.4, 0.5) is 28.0 Å². The molecule has 0 unspecified atom stereocenters. The summed E-state index contributed by atoms with van der Waals surface area (Å²) < 4.78 is 91.3. The van der Waals surface area contributed by atoms with Gasteiger partial charge in [0.15, 0.2) is 5.82 Å². The third-order valence-electron chi connectivity index (χ3n) is 16.6. The number of nitrogens with zero attached hydrogens (tertiary/aromatic N) is 6. The molecule has 5 aromatic carbocycles. The number of primary amides is 1. The number of terminal acetylenes is 1. The number of anilines is 1. The first-order valence-corrected chi connectivity index (χ1v) is 32.8. The van der Waals surface area contributed by atoms with Crippen molar-refractivity contribution < 1.29 is 74.4 Å². The van der Waals surface area contributed by atoms with Gasteiger partial charge in [0.1, 0.15) is 66.6 Å². The maximum absolute atomic E-state index is 14.6. The summed E-state index contributed by atoms with van der Waals surface area (Å²) >= 11 is 8.40. The molecule has 99 heavy (non-hydrogen) atoms. The summed E-state index contributed by atoms with van der Waals surface area (Å²) in [4.78, 5) is 85.5. The van der Waals surface area contributed by atoms with Crippen LogP contribution in [0.2, 0.25) is 5.02 Å². The second kappa shape index (κ2) is 33.6. The van der Waals surface area contributed by atoms with Crippen molar-refractivity contribution in [2.24, 2.45) is 17.4 Å². The third-order valence-corrected chi connectivity index (χ3v) is 18.2. The molecule has 22 nitrogen and oxygen atoms in total. The molecule has 0 bridgehead atoms. The zero-order valence-corrected chi connectivity index (χ0v) is 56.5. The Labute approximate surface area is 578 Å². The number of likely N-dealkylation sites (N-methyl/N-ethyl adjacent to an activating group) is 1. The maximum Gasteiger partial charge on any atom is 0.491 e. The second-order valence-electron chi connectivity index (χ2n) is 24.1. The van der Waals surface area contributed by atoms with Gasteiger partial charge in [-0.15, -0.1) is 17.8 Å². The summed E-state index contributed by atoms with van der Waals surface area (Å²) in [6.45, 7) is 10.2. The van der Waals surface area contributed by atoms with Crippen LogP contribution in [0.1, 0.15) is 54.6 Å². The normalized spacial score (nSPS) is 13.9. The number of amides is 4.